The summed E-state index contributed by atoms with van der Waals surface area (Å²) in [5.41, 5.74) is 5.57. The molecule has 1 aliphatic rings. The lowest BCUT2D eigenvalue weighted by Crippen LogP contribution is -2.57. The highest BCUT2D eigenvalue weighted by Crippen LogP contribution is 2.27. The molecule has 3 atom stereocenters. The number of carbonyl (C=O) groups is 4. The highest BCUT2D eigenvalue weighted by molar-refractivity contribution is 6.33. The van der Waals surface area contributed by atoms with Crippen LogP contribution in [-0.4, -0.2) is 58.9 Å². The van der Waals surface area contributed by atoms with Crippen molar-refractivity contribution in [1.29, 1.82) is 5.26 Å². The van der Waals surface area contributed by atoms with Crippen LogP contribution < -0.4 is 16.4 Å². The van der Waals surface area contributed by atoms with E-state index in [9.17, 15) is 19.2 Å². The number of carboxylic acid groups (broad SMARTS) is 1. The number of carbonyl (C=O) groups excluding carboxylic acids is 3. The van der Waals surface area contributed by atoms with Crippen molar-refractivity contribution in [3.05, 3.63) is 28.8 Å². The Bertz CT molecular complexity index is 984. The van der Waals surface area contributed by atoms with Gasteiger partial charge in [-0.3, -0.25) is 19.2 Å². The predicted octanol–water partition coefficient (Wildman–Crippen LogP) is 1.40. The first kappa shape index (κ1) is 25.9. The molecule has 1 saturated heterocycles. The molecule has 0 bridgehead atoms. The maximum absolute atomic E-state index is 13.4. The number of hydrogen-bond donors (Lipinski definition) is 4. The summed E-state index contributed by atoms with van der Waals surface area (Å²) in [5, 5.41) is 23.3. The highest BCUT2D eigenvalue weighted by atomic mass is 35.5. The van der Waals surface area contributed by atoms with Gasteiger partial charge in [0.1, 0.15) is 12.1 Å². The van der Waals surface area contributed by atoms with E-state index in [1.807, 2.05) is 0 Å². The second-order valence-electron chi connectivity index (χ2n) is 8.96. The molecular formula is C22H28ClN5O5. The van der Waals surface area contributed by atoms with Crippen molar-refractivity contribution >= 4 is 41.0 Å². The molecule has 1 aromatic carbocycles. The van der Waals surface area contributed by atoms with Gasteiger partial charge < -0.3 is 26.4 Å². The number of amides is 3. The van der Waals surface area contributed by atoms with Crippen molar-refractivity contribution in [3.63, 3.8) is 0 Å². The summed E-state index contributed by atoms with van der Waals surface area (Å²) in [6.07, 6.45) is 0.961. The number of nitrogens with two attached hydrogens (primary N) is 1. The molecule has 5 N–H and O–H groups in total. The summed E-state index contributed by atoms with van der Waals surface area (Å²) >= 11 is 6.00. The number of aliphatic carboxylic acids is 1. The highest BCUT2D eigenvalue weighted by Gasteiger charge is 2.42. The van der Waals surface area contributed by atoms with Gasteiger partial charge in [0.05, 0.1) is 16.8 Å². The first-order chi connectivity index (χ1) is 15.4. The van der Waals surface area contributed by atoms with Crippen molar-refractivity contribution in [2.45, 2.75) is 45.7 Å². The summed E-state index contributed by atoms with van der Waals surface area (Å²) in [4.78, 5) is 51.3. The third-order valence-corrected chi connectivity index (χ3v) is 5.75. The van der Waals surface area contributed by atoms with Crippen LogP contribution in [0.4, 0.5) is 5.69 Å². The average Bonchev–Trinajstić information content (AvgIpc) is 3.22. The van der Waals surface area contributed by atoms with Crippen LogP contribution in [0.5, 0.6) is 0 Å². The van der Waals surface area contributed by atoms with Crippen LogP contribution in [0.1, 0.15) is 44.0 Å². The number of nitrogens with zero attached hydrogens (tertiary/aromatic N) is 2. The zero-order valence-corrected chi connectivity index (χ0v) is 19.5. The number of hydrogen-bond acceptors (Lipinski definition) is 6. The molecule has 0 radical (unpaired) electrons. The number of benzene rings is 1. The van der Waals surface area contributed by atoms with Crippen molar-refractivity contribution in [3.8, 4) is 6.07 Å². The third kappa shape index (κ3) is 6.35. The Labute approximate surface area is 197 Å². The zero-order valence-electron chi connectivity index (χ0n) is 18.7. The SMILES string of the molecule is CC(C)(C)[C@H](NC(=O)c1ccc(N)c(Cl)c1)C(=O)N1CCC[C@H]1C(=O)NC[C@@H](C#N)C(=O)O. The number of nitriles is 1. The second kappa shape index (κ2) is 10.5. The Morgan fingerprint density at radius 2 is 2.00 bits per heavy atom. The van der Waals surface area contributed by atoms with Gasteiger partial charge in [0.15, 0.2) is 5.92 Å². The quantitative estimate of drug-likeness (QED) is 0.430. The normalized spacial score (nSPS) is 17.5. The number of rotatable bonds is 7. The van der Waals surface area contributed by atoms with Crippen molar-refractivity contribution in [1.82, 2.24) is 15.5 Å². The molecule has 1 aromatic rings. The Morgan fingerprint density at radius 3 is 2.55 bits per heavy atom. The van der Waals surface area contributed by atoms with E-state index in [1.54, 1.807) is 26.8 Å². The maximum atomic E-state index is 13.4. The van der Waals surface area contributed by atoms with Gasteiger partial charge in [0.25, 0.3) is 5.91 Å². The van der Waals surface area contributed by atoms with Gasteiger partial charge in [0.2, 0.25) is 11.8 Å². The Hall–Kier alpha value is -3.32. The van der Waals surface area contributed by atoms with Crippen LogP contribution in [0, 0.1) is 22.7 Å². The number of anilines is 1. The van der Waals surface area contributed by atoms with E-state index < -0.39 is 47.1 Å². The molecule has 178 valence electrons. The van der Waals surface area contributed by atoms with Crippen LogP contribution in [0.15, 0.2) is 18.2 Å². The Balaban J connectivity index is 2.17. The molecule has 2 rings (SSSR count). The number of carboxylic acids is 1. The Kier molecular flexibility index (Phi) is 8.28. The molecule has 0 aliphatic carbocycles. The van der Waals surface area contributed by atoms with Crippen molar-refractivity contribution < 1.29 is 24.3 Å². The monoisotopic (exact) mass is 477 g/mol. The first-order valence-electron chi connectivity index (χ1n) is 10.4. The molecule has 0 unspecified atom stereocenters. The van der Waals surface area contributed by atoms with Crippen LogP contribution >= 0.6 is 11.6 Å². The second-order valence-corrected chi connectivity index (χ2v) is 9.37. The predicted molar refractivity (Wildman–Crippen MR) is 121 cm³/mol. The van der Waals surface area contributed by atoms with Gasteiger partial charge in [0, 0.05) is 18.7 Å². The molecule has 33 heavy (non-hydrogen) atoms. The molecule has 11 heteroatoms. The van der Waals surface area contributed by atoms with E-state index in [1.165, 1.54) is 23.1 Å². The molecular weight excluding hydrogens is 450 g/mol. The topological polar surface area (TPSA) is 166 Å². The maximum Gasteiger partial charge on any atom is 0.322 e. The van der Waals surface area contributed by atoms with Crippen LogP contribution in [0.2, 0.25) is 5.02 Å². The number of halogens is 1. The molecule has 0 saturated carbocycles. The zero-order chi connectivity index (χ0) is 24.9. The lowest BCUT2D eigenvalue weighted by atomic mass is 9.85. The largest absolute Gasteiger partial charge is 0.480 e. The Morgan fingerprint density at radius 1 is 1.33 bits per heavy atom. The van der Waals surface area contributed by atoms with E-state index in [2.05, 4.69) is 10.6 Å². The minimum absolute atomic E-state index is 0.217. The lowest BCUT2D eigenvalue weighted by Gasteiger charge is -2.35. The van der Waals surface area contributed by atoms with Crippen LogP contribution in [0.3, 0.4) is 0 Å². The molecule has 1 heterocycles. The summed E-state index contributed by atoms with van der Waals surface area (Å²) in [7, 11) is 0. The summed E-state index contributed by atoms with van der Waals surface area (Å²) in [6, 6.07) is 4.25. The number of nitrogens with one attached hydrogen (secondary N) is 2. The minimum atomic E-state index is -1.38. The van der Waals surface area contributed by atoms with Gasteiger partial charge in [-0.15, -0.1) is 0 Å². The minimum Gasteiger partial charge on any atom is -0.480 e. The fraction of sp³-hybridized carbons (Fsp3) is 0.500. The first-order valence-corrected chi connectivity index (χ1v) is 10.8. The van der Waals surface area contributed by atoms with Crippen LogP contribution in [0.25, 0.3) is 0 Å². The van der Waals surface area contributed by atoms with Gasteiger partial charge in [-0.05, 0) is 36.5 Å². The molecule has 0 spiro atoms. The molecule has 3 amide bonds. The van der Waals surface area contributed by atoms with Crippen molar-refractivity contribution in [2.24, 2.45) is 11.3 Å². The molecule has 10 nitrogen and oxygen atoms in total. The summed E-state index contributed by atoms with van der Waals surface area (Å²) in [5.74, 6) is -4.19. The lowest BCUT2D eigenvalue weighted by molar-refractivity contribution is -0.143. The van der Waals surface area contributed by atoms with E-state index in [0.717, 1.165) is 0 Å². The van der Waals surface area contributed by atoms with E-state index in [-0.39, 0.29) is 17.1 Å². The average molecular weight is 478 g/mol. The third-order valence-electron chi connectivity index (χ3n) is 5.42. The standard InChI is InChI=1S/C22H28ClN5O5/c1-22(2,3)17(27-18(29)12-6-7-15(25)14(23)9-12)20(31)28-8-4-5-16(28)19(30)26-11-13(10-24)21(32)33/h6-7,9,13,16-17H,4-5,8,11,25H2,1-3H3,(H,26,30)(H,27,29)(H,32,33)/t13-,16+,17-/m1/s1. The molecule has 1 fully saturated rings. The van der Waals surface area contributed by atoms with Gasteiger partial charge in [-0.25, -0.2) is 0 Å². The molecule has 1 aliphatic heterocycles. The van der Waals surface area contributed by atoms with Gasteiger partial charge >= 0.3 is 5.97 Å². The van der Waals surface area contributed by atoms with E-state index in [0.29, 0.717) is 25.1 Å². The summed E-state index contributed by atoms with van der Waals surface area (Å²) in [6.45, 7) is 5.33. The molecule has 0 aromatic heterocycles. The fourth-order valence-corrected chi connectivity index (χ4v) is 3.69. The van der Waals surface area contributed by atoms with E-state index >= 15 is 0 Å². The smallest absolute Gasteiger partial charge is 0.322 e. The van der Waals surface area contributed by atoms with Crippen LogP contribution in [-0.2, 0) is 14.4 Å². The van der Waals surface area contributed by atoms with Crippen molar-refractivity contribution in [2.75, 3.05) is 18.8 Å². The van der Waals surface area contributed by atoms with Gasteiger partial charge in [-0.2, -0.15) is 5.26 Å². The van der Waals surface area contributed by atoms with Gasteiger partial charge in [-0.1, -0.05) is 32.4 Å². The number of likely N-dealkylation sites (tertiary alicyclic amines) is 1. The summed E-state index contributed by atoms with van der Waals surface area (Å²) < 4.78 is 0. The number of nitrogen functional groups attached to an aromatic ring is 1. The fourth-order valence-electron chi connectivity index (χ4n) is 3.51. The van der Waals surface area contributed by atoms with E-state index in [4.69, 9.17) is 27.7 Å².